The molecule has 0 atom stereocenters. The average Bonchev–Trinajstić information content (AvgIpc) is 2.37. The van der Waals surface area contributed by atoms with Crippen LogP contribution in [0.5, 0.6) is 0 Å². The third kappa shape index (κ3) is 4.13. The molecule has 0 saturated carbocycles. The second-order valence-electron chi connectivity index (χ2n) is 7.25. The number of benzene rings is 1. The number of aryl methyl sites for hydroxylation is 1. The first-order valence-electron chi connectivity index (χ1n) is 7.99. The molecule has 1 saturated heterocycles. The number of nitrogens with zero attached hydrogens (tertiary/aromatic N) is 1. The molecule has 0 radical (unpaired) electrons. The summed E-state index contributed by atoms with van der Waals surface area (Å²) in [6.07, 6.45) is 4.32. The van der Waals surface area contributed by atoms with Gasteiger partial charge < -0.3 is 4.90 Å². The molecule has 22 heavy (non-hydrogen) atoms. The number of hydrogen-bond acceptors (Lipinski definition) is 1. The van der Waals surface area contributed by atoms with Gasteiger partial charge in [-0.15, -0.1) is 6.58 Å². The van der Waals surface area contributed by atoms with E-state index in [2.05, 4.69) is 39.5 Å². The number of amides is 1. The first-order valence-corrected chi connectivity index (χ1v) is 8.36. The van der Waals surface area contributed by atoms with Crippen LogP contribution in [0.2, 0.25) is 5.02 Å². The Labute approximate surface area is 139 Å². The molecule has 1 aliphatic rings. The van der Waals surface area contributed by atoms with Gasteiger partial charge in [0.25, 0.3) is 0 Å². The van der Waals surface area contributed by atoms with Crippen LogP contribution in [0.3, 0.4) is 0 Å². The molecule has 2 nitrogen and oxygen atoms in total. The lowest BCUT2D eigenvalue weighted by Crippen LogP contribution is -2.49. The zero-order chi connectivity index (χ0) is 16.3. The van der Waals surface area contributed by atoms with Gasteiger partial charge in [0.05, 0.1) is 0 Å². The molecule has 1 aromatic rings. The topological polar surface area (TPSA) is 20.3 Å². The number of carbonyl (C=O) groups is 1. The Hall–Kier alpha value is -1.28. The lowest BCUT2D eigenvalue weighted by atomic mass is 9.81. The van der Waals surface area contributed by atoms with Crippen molar-refractivity contribution in [2.45, 2.75) is 45.4 Å². The Morgan fingerprint density at radius 3 is 2.68 bits per heavy atom. The normalized spacial score (nSPS) is 15.5. The Kier molecular flexibility index (Phi) is 5.33. The Morgan fingerprint density at radius 2 is 2.09 bits per heavy atom. The van der Waals surface area contributed by atoms with Crippen molar-refractivity contribution >= 4 is 17.5 Å². The highest BCUT2D eigenvalue weighted by Crippen LogP contribution is 2.31. The van der Waals surface area contributed by atoms with Gasteiger partial charge in [0.15, 0.2) is 0 Å². The summed E-state index contributed by atoms with van der Waals surface area (Å²) in [5.74, 6) is 0.824. The molecule has 1 heterocycles. The maximum absolute atomic E-state index is 11.7. The molecule has 1 amide bonds. The molecule has 0 unspecified atom stereocenters. The second-order valence-corrected chi connectivity index (χ2v) is 7.68. The monoisotopic (exact) mass is 319 g/mol. The largest absolute Gasteiger partial charge is 0.342 e. The third-order valence-corrected chi connectivity index (χ3v) is 4.57. The highest BCUT2D eigenvalue weighted by Gasteiger charge is 2.29. The molecular formula is C19H26ClNO. The van der Waals surface area contributed by atoms with Crippen molar-refractivity contribution in [2.24, 2.45) is 5.92 Å². The summed E-state index contributed by atoms with van der Waals surface area (Å²) in [4.78, 5) is 13.6. The molecule has 0 aliphatic carbocycles. The number of likely N-dealkylation sites (tertiary alicyclic amines) is 1. The van der Waals surface area contributed by atoms with E-state index in [1.165, 1.54) is 11.1 Å². The zero-order valence-corrected chi connectivity index (χ0v) is 14.6. The first-order chi connectivity index (χ1) is 10.3. The summed E-state index contributed by atoms with van der Waals surface area (Å²) in [5.41, 5.74) is 2.82. The lowest BCUT2D eigenvalue weighted by Gasteiger charge is -2.39. The molecule has 120 valence electrons. The zero-order valence-electron chi connectivity index (χ0n) is 13.9. The molecule has 1 aliphatic heterocycles. The van der Waals surface area contributed by atoms with Gasteiger partial charge in [-0.25, -0.2) is 0 Å². The Bertz CT molecular complexity index is 553. The van der Waals surface area contributed by atoms with E-state index in [0.717, 1.165) is 31.0 Å². The molecular weight excluding hydrogens is 294 g/mol. The summed E-state index contributed by atoms with van der Waals surface area (Å²) in [6, 6.07) is 6.23. The summed E-state index contributed by atoms with van der Waals surface area (Å²) >= 11 is 6.16. The summed E-state index contributed by atoms with van der Waals surface area (Å²) < 4.78 is 0. The predicted octanol–water partition coefficient (Wildman–Crippen LogP) is 4.60. The fraction of sp³-hybridized carbons (Fsp3) is 0.526. The molecule has 3 heteroatoms. The first kappa shape index (κ1) is 17.1. The third-order valence-electron chi connectivity index (χ3n) is 4.33. The maximum atomic E-state index is 11.7. The van der Waals surface area contributed by atoms with Crippen LogP contribution in [0.4, 0.5) is 0 Å². The van der Waals surface area contributed by atoms with E-state index in [0.29, 0.717) is 12.3 Å². The summed E-state index contributed by atoms with van der Waals surface area (Å²) in [7, 11) is 0. The molecule has 1 fully saturated rings. The van der Waals surface area contributed by atoms with Gasteiger partial charge >= 0.3 is 0 Å². The van der Waals surface area contributed by atoms with E-state index in [1.54, 1.807) is 6.08 Å². The van der Waals surface area contributed by atoms with Gasteiger partial charge in [-0.05, 0) is 47.4 Å². The molecule has 1 aromatic carbocycles. The molecule has 2 rings (SSSR count). The summed E-state index contributed by atoms with van der Waals surface area (Å²) in [5, 5.41) is 0.804. The van der Waals surface area contributed by atoms with E-state index in [4.69, 9.17) is 11.6 Å². The molecule has 0 spiro atoms. The fourth-order valence-electron chi connectivity index (χ4n) is 3.03. The van der Waals surface area contributed by atoms with Crippen molar-refractivity contribution in [1.82, 2.24) is 4.90 Å². The van der Waals surface area contributed by atoms with Crippen molar-refractivity contribution < 1.29 is 4.79 Å². The van der Waals surface area contributed by atoms with Gasteiger partial charge in [0.1, 0.15) is 0 Å². The van der Waals surface area contributed by atoms with E-state index >= 15 is 0 Å². The molecule has 0 aromatic heterocycles. The molecule has 0 N–H and O–H groups in total. The van der Waals surface area contributed by atoms with Crippen LogP contribution in [0.25, 0.3) is 0 Å². The number of halogens is 1. The van der Waals surface area contributed by atoms with Gasteiger partial charge in [0.2, 0.25) is 5.91 Å². The second kappa shape index (κ2) is 6.87. The minimum Gasteiger partial charge on any atom is -0.342 e. The van der Waals surface area contributed by atoms with E-state index in [1.807, 2.05) is 11.0 Å². The van der Waals surface area contributed by atoms with Crippen LogP contribution in [0, 0.1) is 5.92 Å². The van der Waals surface area contributed by atoms with E-state index in [9.17, 15) is 4.79 Å². The highest BCUT2D eigenvalue weighted by molar-refractivity contribution is 6.30. The van der Waals surface area contributed by atoms with Crippen molar-refractivity contribution in [1.29, 1.82) is 0 Å². The maximum Gasteiger partial charge on any atom is 0.226 e. The van der Waals surface area contributed by atoms with Crippen molar-refractivity contribution in [2.75, 3.05) is 13.1 Å². The van der Waals surface area contributed by atoms with E-state index < -0.39 is 0 Å². The van der Waals surface area contributed by atoms with E-state index in [-0.39, 0.29) is 11.3 Å². The molecule has 0 bridgehead atoms. The van der Waals surface area contributed by atoms with Crippen LogP contribution in [0.15, 0.2) is 30.9 Å². The van der Waals surface area contributed by atoms with Crippen LogP contribution >= 0.6 is 11.6 Å². The number of rotatable bonds is 5. The standard InChI is InChI=1S/C19H26ClNO/c1-5-6-18(22)21-12-14(13-21)7-8-15-9-10-16(20)11-17(15)19(2,3)4/h5,9-11,14H,1,6-8,12-13H2,2-4H3. The van der Waals surface area contributed by atoms with Gasteiger partial charge in [0, 0.05) is 24.5 Å². The lowest BCUT2D eigenvalue weighted by molar-refractivity contribution is -0.136. The number of carbonyl (C=O) groups excluding carboxylic acids is 1. The Balaban J connectivity index is 1.91. The SMILES string of the molecule is C=CCC(=O)N1CC(CCc2ccc(Cl)cc2C(C)(C)C)C1. The minimum atomic E-state index is 0.103. The van der Waals surface area contributed by atoms with Crippen molar-refractivity contribution in [3.63, 3.8) is 0 Å². The van der Waals surface area contributed by atoms with Gasteiger partial charge in [-0.3, -0.25) is 4.79 Å². The number of hydrogen-bond donors (Lipinski definition) is 0. The smallest absolute Gasteiger partial charge is 0.226 e. The van der Waals surface area contributed by atoms with Gasteiger partial charge in [-0.1, -0.05) is 44.5 Å². The van der Waals surface area contributed by atoms with Crippen LogP contribution in [-0.2, 0) is 16.6 Å². The van der Waals surface area contributed by atoms with Crippen LogP contribution in [0.1, 0.15) is 44.7 Å². The van der Waals surface area contributed by atoms with Crippen LogP contribution < -0.4 is 0 Å². The fourth-order valence-corrected chi connectivity index (χ4v) is 3.21. The Morgan fingerprint density at radius 1 is 1.41 bits per heavy atom. The minimum absolute atomic E-state index is 0.103. The van der Waals surface area contributed by atoms with Crippen LogP contribution in [-0.4, -0.2) is 23.9 Å². The average molecular weight is 320 g/mol. The summed E-state index contributed by atoms with van der Waals surface area (Å²) in [6.45, 7) is 12.1. The predicted molar refractivity (Wildman–Crippen MR) is 93.4 cm³/mol. The van der Waals surface area contributed by atoms with Crippen molar-refractivity contribution in [3.8, 4) is 0 Å². The van der Waals surface area contributed by atoms with Gasteiger partial charge in [-0.2, -0.15) is 0 Å². The quantitative estimate of drug-likeness (QED) is 0.726. The van der Waals surface area contributed by atoms with Crippen molar-refractivity contribution in [3.05, 3.63) is 47.0 Å². The highest BCUT2D eigenvalue weighted by atomic mass is 35.5.